The lowest BCUT2D eigenvalue weighted by Crippen LogP contribution is -1.89. The van der Waals surface area contributed by atoms with Gasteiger partial charge in [-0.15, -0.1) is 0 Å². The second kappa shape index (κ2) is 5.74. The van der Waals surface area contributed by atoms with Crippen molar-refractivity contribution in [2.24, 2.45) is 4.99 Å². The number of Topliss-reactive ketones (excluding diaryl/α,β-unsaturated/α-hetero) is 1. The van der Waals surface area contributed by atoms with Gasteiger partial charge in [0.25, 0.3) is 0 Å². The lowest BCUT2D eigenvalue weighted by atomic mass is 10.1. The Kier molecular flexibility index (Phi) is 4.05. The fourth-order valence-corrected chi connectivity index (χ4v) is 1.74. The van der Waals surface area contributed by atoms with Crippen LogP contribution in [0, 0.1) is 0 Å². The van der Waals surface area contributed by atoms with Crippen molar-refractivity contribution in [3.8, 4) is 0 Å². The van der Waals surface area contributed by atoms with E-state index in [1.807, 2.05) is 36.4 Å². The summed E-state index contributed by atoms with van der Waals surface area (Å²) < 4.78 is 1.05. The average Bonchev–Trinajstić information content (AvgIpc) is 2.38. The van der Waals surface area contributed by atoms with Crippen LogP contribution in [0.25, 0.3) is 0 Å². The molecule has 0 atom stereocenters. The van der Waals surface area contributed by atoms with E-state index in [-0.39, 0.29) is 5.78 Å². The van der Waals surface area contributed by atoms with E-state index in [4.69, 9.17) is 0 Å². The number of ketones is 1. The van der Waals surface area contributed by atoms with Crippen LogP contribution in [-0.2, 0) is 0 Å². The lowest BCUT2D eigenvalue weighted by molar-refractivity contribution is 0.101. The minimum absolute atomic E-state index is 0.0680. The average molecular weight is 302 g/mol. The molecule has 0 N–H and O–H groups in total. The van der Waals surface area contributed by atoms with Gasteiger partial charge >= 0.3 is 0 Å². The maximum Gasteiger partial charge on any atom is 0.159 e. The van der Waals surface area contributed by atoms with Crippen LogP contribution in [-0.4, -0.2) is 12.0 Å². The summed E-state index contributed by atoms with van der Waals surface area (Å²) in [5.41, 5.74) is 2.58. The molecular formula is C15H12BrNO. The van der Waals surface area contributed by atoms with Gasteiger partial charge in [-0.1, -0.05) is 28.1 Å². The quantitative estimate of drug-likeness (QED) is 0.610. The largest absolute Gasteiger partial charge is 0.295 e. The van der Waals surface area contributed by atoms with E-state index in [1.165, 1.54) is 0 Å². The molecule has 2 nitrogen and oxygen atoms in total. The molecule has 0 bridgehead atoms. The maximum absolute atomic E-state index is 11.1. The summed E-state index contributed by atoms with van der Waals surface area (Å²) in [6.07, 6.45) is 1.80. The van der Waals surface area contributed by atoms with E-state index in [1.54, 1.807) is 25.3 Å². The molecule has 2 aromatic rings. The van der Waals surface area contributed by atoms with Gasteiger partial charge in [0.2, 0.25) is 0 Å². The first-order valence-corrected chi connectivity index (χ1v) is 6.35. The minimum atomic E-state index is 0.0680. The SMILES string of the molecule is CC(=O)c1ccc(N=Cc2ccc(Br)cc2)cc1. The predicted molar refractivity (Wildman–Crippen MR) is 77.8 cm³/mol. The molecule has 0 aliphatic heterocycles. The predicted octanol–water partition coefficient (Wildman–Crippen LogP) is 4.40. The smallest absolute Gasteiger partial charge is 0.159 e. The molecule has 0 radical (unpaired) electrons. The van der Waals surface area contributed by atoms with Crippen molar-refractivity contribution >= 4 is 33.6 Å². The van der Waals surface area contributed by atoms with E-state index in [9.17, 15) is 4.79 Å². The summed E-state index contributed by atoms with van der Waals surface area (Å²) in [6, 6.07) is 15.2. The van der Waals surface area contributed by atoms with Gasteiger partial charge in [-0.05, 0) is 48.9 Å². The molecule has 3 heteroatoms. The van der Waals surface area contributed by atoms with Crippen molar-refractivity contribution in [1.29, 1.82) is 0 Å². The molecule has 0 saturated heterocycles. The number of carbonyl (C=O) groups is 1. The van der Waals surface area contributed by atoms with E-state index in [0.717, 1.165) is 15.7 Å². The third kappa shape index (κ3) is 3.37. The van der Waals surface area contributed by atoms with Crippen LogP contribution in [0.2, 0.25) is 0 Å². The molecular weight excluding hydrogens is 290 g/mol. The Balaban J connectivity index is 2.13. The van der Waals surface area contributed by atoms with Crippen LogP contribution in [0.3, 0.4) is 0 Å². The van der Waals surface area contributed by atoms with Crippen LogP contribution in [0.5, 0.6) is 0 Å². The van der Waals surface area contributed by atoms with Gasteiger partial charge in [-0.25, -0.2) is 0 Å². The fraction of sp³-hybridized carbons (Fsp3) is 0.0667. The van der Waals surface area contributed by atoms with Gasteiger partial charge in [-0.2, -0.15) is 0 Å². The third-order valence-electron chi connectivity index (χ3n) is 2.51. The van der Waals surface area contributed by atoms with Crippen LogP contribution in [0.4, 0.5) is 5.69 Å². The Morgan fingerprint density at radius 1 is 1.06 bits per heavy atom. The second-order valence-electron chi connectivity index (χ2n) is 3.91. The topological polar surface area (TPSA) is 29.4 Å². The molecule has 0 aliphatic carbocycles. The van der Waals surface area contributed by atoms with Crippen LogP contribution < -0.4 is 0 Å². The summed E-state index contributed by atoms with van der Waals surface area (Å²) in [7, 11) is 0. The molecule has 0 heterocycles. The second-order valence-corrected chi connectivity index (χ2v) is 4.83. The van der Waals surface area contributed by atoms with Crippen LogP contribution >= 0.6 is 15.9 Å². The summed E-state index contributed by atoms with van der Waals surface area (Å²) in [6.45, 7) is 1.56. The number of carbonyl (C=O) groups excluding carboxylic acids is 1. The molecule has 90 valence electrons. The first-order valence-electron chi connectivity index (χ1n) is 5.56. The first-order chi connectivity index (χ1) is 8.65. The monoisotopic (exact) mass is 301 g/mol. The Bertz CT molecular complexity index is 570. The number of nitrogens with zero attached hydrogens (tertiary/aromatic N) is 1. The number of aliphatic imine (C=N–C) groups is 1. The highest BCUT2D eigenvalue weighted by molar-refractivity contribution is 9.10. The molecule has 0 unspecified atom stereocenters. The van der Waals surface area contributed by atoms with E-state index < -0.39 is 0 Å². The zero-order valence-corrected chi connectivity index (χ0v) is 11.5. The zero-order chi connectivity index (χ0) is 13.0. The van der Waals surface area contributed by atoms with Crippen molar-refractivity contribution in [2.45, 2.75) is 6.92 Å². The molecule has 2 rings (SSSR count). The van der Waals surface area contributed by atoms with Crippen molar-refractivity contribution in [3.05, 3.63) is 64.1 Å². The lowest BCUT2D eigenvalue weighted by Gasteiger charge is -1.97. The van der Waals surface area contributed by atoms with Crippen LogP contribution in [0.15, 0.2) is 58.0 Å². The highest BCUT2D eigenvalue weighted by atomic mass is 79.9. The summed E-state index contributed by atoms with van der Waals surface area (Å²) in [5.74, 6) is 0.0680. The van der Waals surface area contributed by atoms with Crippen molar-refractivity contribution in [3.63, 3.8) is 0 Å². The van der Waals surface area contributed by atoms with E-state index in [2.05, 4.69) is 20.9 Å². The molecule has 2 aromatic carbocycles. The van der Waals surface area contributed by atoms with Gasteiger partial charge in [0.15, 0.2) is 5.78 Å². The van der Waals surface area contributed by atoms with Gasteiger partial charge in [-0.3, -0.25) is 9.79 Å². The van der Waals surface area contributed by atoms with Crippen molar-refractivity contribution in [1.82, 2.24) is 0 Å². The Hall–Kier alpha value is -1.74. The summed E-state index contributed by atoms with van der Waals surface area (Å²) in [4.78, 5) is 15.5. The number of hydrogen-bond acceptors (Lipinski definition) is 2. The normalized spacial score (nSPS) is 10.8. The fourth-order valence-electron chi connectivity index (χ4n) is 1.48. The molecule has 0 saturated carbocycles. The minimum Gasteiger partial charge on any atom is -0.295 e. The highest BCUT2D eigenvalue weighted by Gasteiger charge is 1.97. The number of halogens is 1. The molecule has 0 spiro atoms. The Morgan fingerprint density at radius 2 is 1.67 bits per heavy atom. The molecule has 0 aromatic heterocycles. The third-order valence-corrected chi connectivity index (χ3v) is 3.04. The van der Waals surface area contributed by atoms with E-state index >= 15 is 0 Å². The van der Waals surface area contributed by atoms with Gasteiger partial charge in [0, 0.05) is 16.3 Å². The van der Waals surface area contributed by atoms with E-state index in [0.29, 0.717) is 5.56 Å². The molecule has 0 fully saturated rings. The number of rotatable bonds is 3. The highest BCUT2D eigenvalue weighted by Crippen LogP contribution is 2.14. The Morgan fingerprint density at radius 3 is 2.22 bits per heavy atom. The van der Waals surface area contributed by atoms with Gasteiger partial charge in [0.1, 0.15) is 0 Å². The number of hydrogen-bond donors (Lipinski definition) is 0. The maximum atomic E-state index is 11.1. The molecule has 0 amide bonds. The first kappa shape index (κ1) is 12.7. The van der Waals surface area contributed by atoms with Gasteiger partial charge < -0.3 is 0 Å². The Labute approximate surface area is 115 Å². The summed E-state index contributed by atoms with van der Waals surface area (Å²) in [5, 5.41) is 0. The zero-order valence-electron chi connectivity index (χ0n) is 9.93. The van der Waals surface area contributed by atoms with Crippen molar-refractivity contribution in [2.75, 3.05) is 0 Å². The molecule has 18 heavy (non-hydrogen) atoms. The standard InChI is InChI=1S/C15H12BrNO/c1-11(18)13-4-8-15(9-5-13)17-10-12-2-6-14(16)7-3-12/h2-10H,1H3. The van der Waals surface area contributed by atoms with Gasteiger partial charge in [0.05, 0.1) is 5.69 Å². The number of benzene rings is 2. The summed E-state index contributed by atoms with van der Waals surface area (Å²) >= 11 is 3.39. The molecule has 0 aliphatic rings. The van der Waals surface area contributed by atoms with Crippen LogP contribution in [0.1, 0.15) is 22.8 Å². The van der Waals surface area contributed by atoms with Crippen molar-refractivity contribution < 1.29 is 4.79 Å².